The zero-order valence-electron chi connectivity index (χ0n) is 19.4. The molecule has 0 saturated heterocycles. The lowest BCUT2D eigenvalue weighted by atomic mass is 9.96. The number of halogens is 1. The van der Waals surface area contributed by atoms with Gasteiger partial charge >= 0.3 is 5.97 Å². The Morgan fingerprint density at radius 3 is 2.71 bits per heavy atom. The van der Waals surface area contributed by atoms with Crippen molar-refractivity contribution < 1.29 is 14.3 Å². The first kappa shape index (κ1) is 23.3. The van der Waals surface area contributed by atoms with E-state index in [1.165, 1.54) is 11.3 Å². The Hall–Kier alpha value is -3.42. The molecule has 0 saturated carbocycles. The van der Waals surface area contributed by atoms with Crippen LogP contribution >= 0.6 is 22.9 Å². The van der Waals surface area contributed by atoms with Gasteiger partial charge in [-0.1, -0.05) is 53.3 Å². The van der Waals surface area contributed by atoms with Gasteiger partial charge in [-0.05, 0) is 62.3 Å². The number of esters is 1. The lowest BCUT2D eigenvalue weighted by molar-refractivity contribution is -0.139. The Bertz CT molecular complexity index is 1560. The highest BCUT2D eigenvalue weighted by Gasteiger charge is 2.33. The Kier molecular flexibility index (Phi) is 6.21. The third-order valence-corrected chi connectivity index (χ3v) is 7.25. The van der Waals surface area contributed by atoms with Crippen LogP contribution in [0.3, 0.4) is 0 Å². The van der Waals surface area contributed by atoms with Gasteiger partial charge in [0, 0.05) is 10.6 Å². The second-order valence-electron chi connectivity index (χ2n) is 8.30. The molecule has 0 amide bonds. The van der Waals surface area contributed by atoms with Gasteiger partial charge < -0.3 is 9.47 Å². The topological polar surface area (TPSA) is 69.9 Å². The summed E-state index contributed by atoms with van der Waals surface area (Å²) in [4.78, 5) is 31.8. The van der Waals surface area contributed by atoms with Crippen LogP contribution in [0.4, 0.5) is 0 Å². The fourth-order valence-corrected chi connectivity index (χ4v) is 5.50. The Balaban J connectivity index is 1.69. The number of rotatable bonds is 4. The molecule has 3 heterocycles. The normalized spacial score (nSPS) is 19.3. The van der Waals surface area contributed by atoms with Crippen molar-refractivity contribution in [1.29, 1.82) is 0 Å². The van der Waals surface area contributed by atoms with E-state index < -0.39 is 12.0 Å². The van der Waals surface area contributed by atoms with Crippen LogP contribution in [0.1, 0.15) is 37.9 Å². The number of carbonyl (C=O) groups excluding carboxylic acids is 1. The van der Waals surface area contributed by atoms with Crippen molar-refractivity contribution in [3.8, 4) is 5.75 Å². The number of thiazole rings is 1. The average molecular weight is 507 g/mol. The highest BCUT2D eigenvalue weighted by molar-refractivity contribution is 7.07. The van der Waals surface area contributed by atoms with E-state index in [0.29, 0.717) is 25.6 Å². The molecular formula is C27H23ClN2O4S. The monoisotopic (exact) mass is 506 g/mol. The van der Waals surface area contributed by atoms with Crippen molar-refractivity contribution in [3.05, 3.63) is 101 Å². The molecule has 3 aromatic rings. The van der Waals surface area contributed by atoms with Crippen molar-refractivity contribution in [1.82, 2.24) is 4.57 Å². The van der Waals surface area contributed by atoms with Gasteiger partial charge in [-0.25, -0.2) is 9.79 Å². The fraction of sp³-hybridized carbons (Fsp3) is 0.222. The molecule has 8 heteroatoms. The summed E-state index contributed by atoms with van der Waals surface area (Å²) in [5.41, 5.74) is 3.24. The van der Waals surface area contributed by atoms with Gasteiger partial charge in [0.05, 0.1) is 28.5 Å². The average Bonchev–Trinajstić information content (AvgIpc) is 3.13. The zero-order valence-corrected chi connectivity index (χ0v) is 21.0. The van der Waals surface area contributed by atoms with Crippen molar-refractivity contribution in [2.75, 3.05) is 6.61 Å². The van der Waals surface area contributed by atoms with E-state index in [2.05, 4.69) is 4.99 Å². The summed E-state index contributed by atoms with van der Waals surface area (Å²) in [6, 6.07) is 14.2. The molecule has 178 valence electrons. The molecule has 2 aliphatic heterocycles. The molecule has 0 N–H and O–H groups in total. The minimum absolute atomic E-state index is 0.215. The van der Waals surface area contributed by atoms with E-state index in [9.17, 15) is 9.59 Å². The second-order valence-corrected chi connectivity index (χ2v) is 9.74. The summed E-state index contributed by atoms with van der Waals surface area (Å²) in [5.74, 6) is 0.327. The van der Waals surface area contributed by atoms with Gasteiger partial charge in [-0.15, -0.1) is 0 Å². The third kappa shape index (κ3) is 4.26. The predicted molar refractivity (Wildman–Crippen MR) is 137 cm³/mol. The van der Waals surface area contributed by atoms with Gasteiger partial charge in [-0.3, -0.25) is 9.36 Å². The Morgan fingerprint density at radius 1 is 1.23 bits per heavy atom. The minimum atomic E-state index is -0.667. The molecule has 0 bridgehead atoms. The summed E-state index contributed by atoms with van der Waals surface area (Å²) in [6.45, 7) is 5.69. The summed E-state index contributed by atoms with van der Waals surface area (Å²) < 4.78 is 13.5. The molecule has 1 aromatic heterocycles. The molecule has 6 nitrogen and oxygen atoms in total. The molecule has 2 aliphatic rings. The molecule has 0 radical (unpaired) electrons. The number of allylic oxidation sites excluding steroid dienone is 1. The Morgan fingerprint density at radius 2 is 1.97 bits per heavy atom. The number of carbonyl (C=O) groups is 1. The highest BCUT2D eigenvalue weighted by atomic mass is 35.5. The number of para-hydroxylation sites is 1. The lowest BCUT2D eigenvalue weighted by Crippen LogP contribution is -2.40. The maximum atomic E-state index is 13.7. The van der Waals surface area contributed by atoms with E-state index in [1.54, 1.807) is 30.5 Å². The zero-order chi connectivity index (χ0) is 24.7. The van der Waals surface area contributed by atoms with Crippen molar-refractivity contribution in [2.45, 2.75) is 32.9 Å². The summed E-state index contributed by atoms with van der Waals surface area (Å²) >= 11 is 7.40. The van der Waals surface area contributed by atoms with Crippen LogP contribution in [-0.2, 0) is 9.53 Å². The molecule has 5 rings (SSSR count). The van der Waals surface area contributed by atoms with Crippen molar-refractivity contribution >= 4 is 41.1 Å². The molecule has 2 atom stereocenters. The van der Waals surface area contributed by atoms with Gasteiger partial charge in [0.2, 0.25) is 0 Å². The Labute approximate surface area is 211 Å². The van der Waals surface area contributed by atoms with Crippen LogP contribution in [0.2, 0.25) is 5.02 Å². The molecule has 0 fully saturated rings. The lowest BCUT2D eigenvalue weighted by Gasteiger charge is -2.24. The predicted octanol–water partition coefficient (Wildman–Crippen LogP) is 4.27. The number of hydrogen-bond acceptors (Lipinski definition) is 6. The SMILES string of the molecule is CCOC(=O)C1=C(C)N=c2s/c(=C/C3=Cc4ccccc4O[C@H]3C)c(=O)n2[C@@H]1c1ccc(Cl)cc1. The molecule has 0 unspecified atom stereocenters. The van der Waals surface area contributed by atoms with E-state index in [-0.39, 0.29) is 18.3 Å². The number of fused-ring (bicyclic) bond motifs is 2. The van der Waals surface area contributed by atoms with E-state index in [0.717, 1.165) is 22.4 Å². The summed E-state index contributed by atoms with van der Waals surface area (Å²) in [6.07, 6.45) is 3.67. The largest absolute Gasteiger partial charge is 0.485 e. The standard InChI is InChI=1S/C27H23ClN2O4S/c1-4-33-26(32)23-15(2)29-27-30(24(23)17-9-11-20(28)12-10-17)25(31)22(35-27)14-19-13-18-7-5-6-8-21(18)34-16(19)3/h5-14,16,24H,4H2,1-3H3/b22-14+/t16-,24+/m0/s1. The maximum Gasteiger partial charge on any atom is 0.338 e. The number of aromatic nitrogens is 1. The van der Waals surface area contributed by atoms with Gasteiger partial charge in [0.15, 0.2) is 4.80 Å². The van der Waals surface area contributed by atoms with Crippen LogP contribution in [-0.4, -0.2) is 23.2 Å². The van der Waals surface area contributed by atoms with Crippen molar-refractivity contribution in [3.63, 3.8) is 0 Å². The summed E-state index contributed by atoms with van der Waals surface area (Å²) in [5, 5.41) is 0.568. The van der Waals surface area contributed by atoms with E-state index in [4.69, 9.17) is 21.1 Å². The van der Waals surface area contributed by atoms with E-state index in [1.807, 2.05) is 55.5 Å². The van der Waals surface area contributed by atoms with Crippen LogP contribution in [0, 0.1) is 0 Å². The van der Waals surface area contributed by atoms with Crippen LogP contribution in [0.5, 0.6) is 5.75 Å². The van der Waals surface area contributed by atoms with E-state index >= 15 is 0 Å². The molecule has 35 heavy (non-hydrogen) atoms. The first-order chi connectivity index (χ1) is 16.9. The fourth-order valence-electron chi connectivity index (χ4n) is 4.32. The highest BCUT2D eigenvalue weighted by Crippen LogP contribution is 2.32. The number of nitrogens with zero attached hydrogens (tertiary/aromatic N) is 2. The molecule has 2 aromatic carbocycles. The summed E-state index contributed by atoms with van der Waals surface area (Å²) in [7, 11) is 0. The van der Waals surface area contributed by atoms with Crippen molar-refractivity contribution in [2.24, 2.45) is 4.99 Å². The third-order valence-electron chi connectivity index (χ3n) is 6.01. The smallest absolute Gasteiger partial charge is 0.338 e. The van der Waals surface area contributed by atoms with Gasteiger partial charge in [0.1, 0.15) is 11.9 Å². The number of hydrogen-bond donors (Lipinski definition) is 0. The van der Waals surface area contributed by atoms with Crippen LogP contribution < -0.4 is 19.6 Å². The molecule has 0 spiro atoms. The molecular weight excluding hydrogens is 484 g/mol. The molecule has 0 aliphatic carbocycles. The van der Waals surface area contributed by atoms with Gasteiger partial charge in [0.25, 0.3) is 5.56 Å². The number of ether oxygens (including phenoxy) is 2. The first-order valence-electron chi connectivity index (χ1n) is 11.3. The first-order valence-corrected chi connectivity index (χ1v) is 12.5. The number of benzene rings is 2. The minimum Gasteiger partial charge on any atom is -0.485 e. The van der Waals surface area contributed by atoms with Crippen LogP contribution in [0.25, 0.3) is 12.2 Å². The maximum absolute atomic E-state index is 13.7. The second kappa shape index (κ2) is 9.32. The van der Waals surface area contributed by atoms with Crippen LogP contribution in [0.15, 0.2) is 75.2 Å². The quantitative estimate of drug-likeness (QED) is 0.496. The van der Waals surface area contributed by atoms with Gasteiger partial charge in [-0.2, -0.15) is 0 Å².